The number of rotatable bonds is 2. The Balaban J connectivity index is 0.00000208. The maximum Gasteiger partial charge on any atom is 3.00 e. The van der Waals surface area contributed by atoms with Gasteiger partial charge in [-0.3, -0.25) is 0 Å². The Morgan fingerprint density at radius 1 is 0.846 bits per heavy atom. The molecule has 0 saturated heterocycles. The van der Waals surface area contributed by atoms with Crippen molar-refractivity contribution in [1.29, 1.82) is 0 Å². The molecule has 4 heteroatoms. The molecule has 3 rings (SSSR count). The van der Waals surface area contributed by atoms with Gasteiger partial charge in [-0.05, 0) is 45.3 Å². The molecule has 0 amide bonds. The smallest absolute Gasteiger partial charge is 0.504 e. The van der Waals surface area contributed by atoms with Crippen LogP contribution >= 0.6 is 0 Å². The van der Waals surface area contributed by atoms with Gasteiger partial charge in [0.25, 0.3) is 0 Å². The molecule has 1 aliphatic heterocycles. The largest absolute Gasteiger partial charge is 3.00 e. The Bertz CT molecular complexity index is 703. The van der Waals surface area contributed by atoms with Crippen LogP contribution in [-0.4, -0.2) is 21.2 Å². The third kappa shape index (κ3) is 5.81. The fourth-order valence-corrected chi connectivity index (χ4v) is 2.36. The van der Waals surface area contributed by atoms with Crippen LogP contribution in [0, 0.1) is 21.5 Å². The van der Waals surface area contributed by atoms with Crippen molar-refractivity contribution < 1.29 is 19.5 Å². The second kappa shape index (κ2) is 10.3. The van der Waals surface area contributed by atoms with Gasteiger partial charge >= 0.3 is 19.5 Å². The number of nitrogens with zero attached hydrogens (tertiary/aromatic N) is 3. The van der Waals surface area contributed by atoms with E-state index in [1.807, 2.05) is 48.5 Å². The van der Waals surface area contributed by atoms with Crippen LogP contribution in [0.4, 0.5) is 5.69 Å². The van der Waals surface area contributed by atoms with E-state index in [0.29, 0.717) is 0 Å². The van der Waals surface area contributed by atoms with Crippen molar-refractivity contribution in [3.63, 3.8) is 0 Å². The van der Waals surface area contributed by atoms with Crippen LogP contribution in [0.5, 0.6) is 0 Å². The average molecular weight is 437 g/mol. The molecule has 2 aromatic rings. The third-order valence-electron chi connectivity index (χ3n) is 3.68. The zero-order valence-corrected chi connectivity index (χ0v) is 17.8. The summed E-state index contributed by atoms with van der Waals surface area (Å²) in [6.45, 7) is 8.66. The summed E-state index contributed by atoms with van der Waals surface area (Å²) >= 11 is 0. The summed E-state index contributed by atoms with van der Waals surface area (Å²) in [4.78, 5) is 9.13. The van der Waals surface area contributed by atoms with Crippen molar-refractivity contribution in [1.82, 2.24) is 9.80 Å². The Labute approximate surface area is 172 Å². The first kappa shape index (κ1) is 24.1. The number of hydrogen-bond acceptors (Lipinski definition) is 2. The number of amidine groups is 1. The predicted molar refractivity (Wildman–Crippen MR) is 109 cm³/mol. The van der Waals surface area contributed by atoms with Crippen LogP contribution in [0.1, 0.15) is 26.3 Å². The first-order valence-corrected chi connectivity index (χ1v) is 7.83. The Morgan fingerprint density at radius 3 is 1.88 bits per heavy atom. The summed E-state index contributed by atoms with van der Waals surface area (Å²) in [7, 11) is 0. The summed E-state index contributed by atoms with van der Waals surface area (Å²) in [6.07, 6.45) is 4.14. The van der Waals surface area contributed by atoms with Crippen molar-refractivity contribution in [3.05, 3.63) is 100 Å². The molecule has 3 nitrogen and oxygen atoms in total. The molecular weight excluding hydrogens is 409 g/mol. The van der Waals surface area contributed by atoms with E-state index < -0.39 is 0 Å². The minimum atomic E-state index is 0. The van der Waals surface area contributed by atoms with Crippen LogP contribution in [0.15, 0.2) is 78.1 Å². The van der Waals surface area contributed by atoms with E-state index in [1.54, 1.807) is 0 Å². The first-order valence-electron chi connectivity index (χ1n) is 7.83. The van der Waals surface area contributed by atoms with E-state index in [4.69, 9.17) is 4.99 Å². The van der Waals surface area contributed by atoms with E-state index in [9.17, 15) is 0 Å². The van der Waals surface area contributed by atoms with Crippen LogP contribution in [-0.2, 0) is 19.5 Å². The monoisotopic (exact) mass is 437 g/mol. The summed E-state index contributed by atoms with van der Waals surface area (Å²) in [5.41, 5.74) is 2.08. The predicted octanol–water partition coefficient (Wildman–Crippen LogP) is 5.67. The van der Waals surface area contributed by atoms with Gasteiger partial charge in [0, 0.05) is 11.1 Å². The molecule has 0 saturated carbocycles. The van der Waals surface area contributed by atoms with Crippen LogP contribution in [0.25, 0.3) is 0 Å². The number of aliphatic imine (C=N–C) groups is 1. The van der Waals surface area contributed by atoms with E-state index in [-0.39, 0.29) is 39.9 Å². The standard InChI is InChI=1S/C20H22N3.2CH3.Rh/c1-20(2,3)23-15-14-22(16-23)19(17-10-6-4-7-11-17)21-18-12-8-5-9-13-18;;;/h4-16H,1-3H3;2*1H3;/q3*-1;+3. The number of hydrogen-bond donors (Lipinski definition) is 0. The van der Waals surface area contributed by atoms with Gasteiger partial charge in [-0.15, -0.1) is 6.67 Å². The van der Waals surface area contributed by atoms with E-state index in [0.717, 1.165) is 17.1 Å². The molecular formula is C22H28N3Rh. The van der Waals surface area contributed by atoms with Gasteiger partial charge in [-0.25, -0.2) is 4.99 Å². The van der Waals surface area contributed by atoms with Crippen molar-refractivity contribution in [3.8, 4) is 0 Å². The number of para-hydroxylation sites is 1. The maximum absolute atomic E-state index is 4.86. The molecule has 26 heavy (non-hydrogen) atoms. The van der Waals surface area contributed by atoms with E-state index in [2.05, 4.69) is 61.8 Å². The fraction of sp³-hybridized carbons (Fsp3) is 0.182. The molecule has 2 aromatic carbocycles. The van der Waals surface area contributed by atoms with E-state index >= 15 is 0 Å². The molecule has 0 N–H and O–H groups in total. The topological polar surface area (TPSA) is 18.8 Å². The third-order valence-corrected chi connectivity index (χ3v) is 3.68. The van der Waals surface area contributed by atoms with Crippen LogP contribution < -0.4 is 0 Å². The molecule has 0 aromatic heterocycles. The Morgan fingerprint density at radius 2 is 1.38 bits per heavy atom. The molecule has 140 valence electrons. The fourth-order valence-electron chi connectivity index (χ4n) is 2.36. The Hall–Kier alpha value is -1.93. The van der Waals surface area contributed by atoms with Gasteiger partial charge in [0.15, 0.2) is 0 Å². The SMILES string of the molecule is CC(C)(C)N1C=CN(C(=Nc2ccccc2)c2ccccc2)[CH-]1.[CH3-].[CH3-].[Rh+3]. The minimum Gasteiger partial charge on any atom is -0.504 e. The van der Waals surface area contributed by atoms with Gasteiger partial charge in [-0.1, -0.05) is 48.5 Å². The molecule has 0 radical (unpaired) electrons. The van der Waals surface area contributed by atoms with Gasteiger partial charge in [0.1, 0.15) is 5.84 Å². The van der Waals surface area contributed by atoms with Crippen LogP contribution in [0.2, 0.25) is 0 Å². The average Bonchev–Trinajstić information content (AvgIpc) is 3.04. The van der Waals surface area contributed by atoms with Gasteiger partial charge in [0.05, 0.1) is 5.69 Å². The Kier molecular flexibility index (Phi) is 9.52. The van der Waals surface area contributed by atoms with Gasteiger partial charge in [-0.2, -0.15) is 0 Å². The molecule has 0 unspecified atom stereocenters. The summed E-state index contributed by atoms with van der Waals surface area (Å²) < 4.78 is 0. The second-order valence-corrected chi connectivity index (χ2v) is 6.54. The van der Waals surface area contributed by atoms with Crippen molar-refractivity contribution >= 4 is 11.5 Å². The minimum absolute atomic E-state index is 0. The molecule has 1 heterocycles. The molecule has 0 aliphatic carbocycles. The van der Waals surface area contributed by atoms with Gasteiger partial charge < -0.3 is 24.7 Å². The zero-order valence-electron chi connectivity index (χ0n) is 16.2. The normalized spacial score (nSPS) is 13.6. The van der Waals surface area contributed by atoms with Crippen molar-refractivity contribution in [2.45, 2.75) is 26.3 Å². The summed E-state index contributed by atoms with van der Waals surface area (Å²) in [6, 6.07) is 20.3. The molecule has 0 spiro atoms. The molecule has 1 aliphatic rings. The summed E-state index contributed by atoms with van der Waals surface area (Å²) in [5, 5.41) is 0. The quantitative estimate of drug-likeness (QED) is 0.261. The number of benzene rings is 2. The van der Waals surface area contributed by atoms with Gasteiger partial charge in [0.2, 0.25) is 0 Å². The molecule has 0 atom stereocenters. The summed E-state index contributed by atoms with van der Waals surface area (Å²) in [5.74, 6) is 0.916. The molecule has 0 fully saturated rings. The first-order chi connectivity index (χ1) is 11.0. The molecule has 0 bridgehead atoms. The zero-order chi connectivity index (χ0) is 16.3. The van der Waals surface area contributed by atoms with E-state index in [1.165, 1.54) is 0 Å². The van der Waals surface area contributed by atoms with Crippen LogP contribution in [0.3, 0.4) is 0 Å². The maximum atomic E-state index is 4.86. The van der Waals surface area contributed by atoms with Crippen molar-refractivity contribution in [2.24, 2.45) is 4.99 Å². The second-order valence-electron chi connectivity index (χ2n) is 6.54. The van der Waals surface area contributed by atoms with Crippen molar-refractivity contribution in [2.75, 3.05) is 0 Å².